The summed E-state index contributed by atoms with van der Waals surface area (Å²) in [6.45, 7) is 6.69. The summed E-state index contributed by atoms with van der Waals surface area (Å²) in [5.74, 6) is -0.210. The first-order valence-electron chi connectivity index (χ1n) is 10.1. The molecule has 1 amide bonds. The molecule has 0 spiro atoms. The third-order valence-electron chi connectivity index (χ3n) is 4.89. The summed E-state index contributed by atoms with van der Waals surface area (Å²) < 4.78 is 28.0. The first-order valence-corrected chi connectivity index (χ1v) is 11.5. The van der Waals surface area contributed by atoms with Crippen LogP contribution >= 0.6 is 0 Å². The lowest BCUT2D eigenvalue weighted by atomic mass is 10.1. The number of carbonyl (C=O) groups excluding carboxylic acids is 1. The standard InChI is InChI=1S/C25H26N2O3S/c1-3-18-27(23-15-9-6-10-16-23)31(29,30)24-17-11-14-22(19-24)25(28)26(4-2)20-21-12-7-5-8-13-21/h3,5-17,19H,1,4,18,20H2,2H3. The summed E-state index contributed by atoms with van der Waals surface area (Å²) in [7, 11) is -3.87. The van der Waals surface area contributed by atoms with Gasteiger partial charge in [0.1, 0.15) is 0 Å². The van der Waals surface area contributed by atoms with Gasteiger partial charge >= 0.3 is 0 Å². The highest BCUT2D eigenvalue weighted by atomic mass is 32.2. The summed E-state index contributed by atoms with van der Waals surface area (Å²) in [6.07, 6.45) is 1.54. The number of hydrogen-bond donors (Lipinski definition) is 0. The predicted molar refractivity (Wildman–Crippen MR) is 124 cm³/mol. The maximum atomic E-state index is 13.4. The molecule has 0 aliphatic heterocycles. The summed E-state index contributed by atoms with van der Waals surface area (Å²) in [5, 5.41) is 0. The van der Waals surface area contributed by atoms with E-state index in [1.807, 2.05) is 43.3 Å². The lowest BCUT2D eigenvalue weighted by Gasteiger charge is -2.24. The molecule has 3 aromatic carbocycles. The van der Waals surface area contributed by atoms with E-state index in [0.29, 0.717) is 24.3 Å². The number of hydrogen-bond acceptors (Lipinski definition) is 3. The molecule has 3 aromatic rings. The van der Waals surface area contributed by atoms with Crippen LogP contribution in [0.4, 0.5) is 5.69 Å². The smallest absolute Gasteiger partial charge is 0.264 e. The number of para-hydroxylation sites is 1. The largest absolute Gasteiger partial charge is 0.335 e. The molecule has 0 aliphatic rings. The molecular formula is C25H26N2O3S. The topological polar surface area (TPSA) is 57.7 Å². The second-order valence-corrected chi connectivity index (χ2v) is 8.86. The fourth-order valence-electron chi connectivity index (χ4n) is 3.28. The summed E-state index contributed by atoms with van der Waals surface area (Å²) in [6, 6.07) is 24.8. The van der Waals surface area contributed by atoms with Crippen molar-refractivity contribution in [2.24, 2.45) is 0 Å². The van der Waals surface area contributed by atoms with Crippen molar-refractivity contribution in [3.8, 4) is 0 Å². The van der Waals surface area contributed by atoms with E-state index in [-0.39, 0.29) is 17.3 Å². The molecule has 0 heterocycles. The number of benzene rings is 3. The van der Waals surface area contributed by atoms with Crippen LogP contribution in [0, 0.1) is 0 Å². The van der Waals surface area contributed by atoms with E-state index in [1.54, 1.807) is 41.3 Å². The second kappa shape index (κ2) is 10.1. The van der Waals surface area contributed by atoms with E-state index >= 15 is 0 Å². The molecule has 0 fully saturated rings. The Hall–Kier alpha value is -3.38. The van der Waals surface area contributed by atoms with Gasteiger partial charge in [-0.25, -0.2) is 8.42 Å². The van der Waals surface area contributed by atoms with E-state index in [2.05, 4.69) is 6.58 Å². The minimum atomic E-state index is -3.87. The van der Waals surface area contributed by atoms with Gasteiger partial charge < -0.3 is 4.90 Å². The Bertz CT molecular complexity index is 1130. The maximum absolute atomic E-state index is 13.4. The molecule has 6 heteroatoms. The minimum absolute atomic E-state index is 0.0693. The molecule has 0 bridgehead atoms. The first kappa shape index (κ1) is 22.3. The fraction of sp³-hybridized carbons (Fsp3) is 0.160. The van der Waals surface area contributed by atoms with Crippen molar-refractivity contribution in [2.45, 2.75) is 18.4 Å². The van der Waals surface area contributed by atoms with Gasteiger partial charge in [0.05, 0.1) is 17.1 Å². The lowest BCUT2D eigenvalue weighted by Crippen LogP contribution is -2.32. The highest BCUT2D eigenvalue weighted by Crippen LogP contribution is 2.24. The Morgan fingerprint density at radius 2 is 1.58 bits per heavy atom. The molecule has 160 valence electrons. The van der Waals surface area contributed by atoms with Gasteiger partial charge in [0, 0.05) is 18.7 Å². The van der Waals surface area contributed by atoms with Crippen molar-refractivity contribution < 1.29 is 13.2 Å². The van der Waals surface area contributed by atoms with Crippen LogP contribution < -0.4 is 4.31 Å². The number of sulfonamides is 1. The Labute approximate surface area is 184 Å². The SMILES string of the molecule is C=CCN(c1ccccc1)S(=O)(=O)c1cccc(C(=O)N(CC)Cc2ccccc2)c1. The van der Waals surface area contributed by atoms with Crippen LogP contribution in [0.3, 0.4) is 0 Å². The maximum Gasteiger partial charge on any atom is 0.264 e. The van der Waals surface area contributed by atoms with E-state index in [4.69, 9.17) is 0 Å². The molecular weight excluding hydrogens is 408 g/mol. The number of anilines is 1. The van der Waals surface area contributed by atoms with Crippen LogP contribution in [0.5, 0.6) is 0 Å². The quantitative estimate of drug-likeness (QED) is 0.458. The normalized spacial score (nSPS) is 11.0. The van der Waals surface area contributed by atoms with Crippen LogP contribution in [-0.2, 0) is 16.6 Å². The number of amides is 1. The molecule has 0 aromatic heterocycles. The minimum Gasteiger partial charge on any atom is -0.335 e. The van der Waals surface area contributed by atoms with Crippen LogP contribution in [-0.4, -0.2) is 32.3 Å². The molecule has 0 saturated carbocycles. The molecule has 31 heavy (non-hydrogen) atoms. The number of carbonyl (C=O) groups is 1. The highest BCUT2D eigenvalue weighted by molar-refractivity contribution is 7.92. The van der Waals surface area contributed by atoms with Crippen molar-refractivity contribution in [1.29, 1.82) is 0 Å². The third-order valence-corrected chi connectivity index (χ3v) is 6.68. The van der Waals surface area contributed by atoms with Gasteiger partial charge in [-0.05, 0) is 42.8 Å². The highest BCUT2D eigenvalue weighted by Gasteiger charge is 2.25. The molecule has 3 rings (SSSR count). The summed E-state index contributed by atoms with van der Waals surface area (Å²) in [4.78, 5) is 14.9. The van der Waals surface area contributed by atoms with Crippen molar-refractivity contribution in [1.82, 2.24) is 4.90 Å². The van der Waals surface area contributed by atoms with Gasteiger partial charge in [-0.1, -0.05) is 60.7 Å². The fourth-order valence-corrected chi connectivity index (χ4v) is 4.77. The number of nitrogens with zero attached hydrogens (tertiary/aromatic N) is 2. The predicted octanol–water partition coefficient (Wildman–Crippen LogP) is 4.73. The van der Waals surface area contributed by atoms with E-state index < -0.39 is 10.0 Å². The van der Waals surface area contributed by atoms with Gasteiger partial charge in [0.2, 0.25) is 0 Å². The van der Waals surface area contributed by atoms with Crippen LogP contribution in [0.25, 0.3) is 0 Å². The van der Waals surface area contributed by atoms with Crippen molar-refractivity contribution in [2.75, 3.05) is 17.4 Å². The summed E-state index contributed by atoms with van der Waals surface area (Å²) >= 11 is 0. The Morgan fingerprint density at radius 1 is 0.935 bits per heavy atom. The number of rotatable bonds is 9. The van der Waals surface area contributed by atoms with Gasteiger partial charge in [0.15, 0.2) is 0 Å². The van der Waals surface area contributed by atoms with Crippen LogP contribution in [0.1, 0.15) is 22.8 Å². The van der Waals surface area contributed by atoms with Gasteiger partial charge in [-0.3, -0.25) is 9.10 Å². The van der Waals surface area contributed by atoms with Crippen molar-refractivity contribution in [3.05, 3.63) is 109 Å². The average molecular weight is 435 g/mol. The van der Waals surface area contributed by atoms with Crippen LogP contribution in [0.2, 0.25) is 0 Å². The van der Waals surface area contributed by atoms with Gasteiger partial charge in [0.25, 0.3) is 15.9 Å². The zero-order chi connectivity index (χ0) is 22.3. The molecule has 0 aliphatic carbocycles. The summed E-state index contributed by atoms with van der Waals surface area (Å²) in [5.41, 5.74) is 1.89. The van der Waals surface area contributed by atoms with Crippen molar-refractivity contribution in [3.63, 3.8) is 0 Å². The third kappa shape index (κ3) is 5.22. The Morgan fingerprint density at radius 3 is 2.19 bits per heavy atom. The molecule has 0 saturated heterocycles. The van der Waals surface area contributed by atoms with E-state index in [1.165, 1.54) is 22.5 Å². The molecule has 0 atom stereocenters. The monoisotopic (exact) mass is 434 g/mol. The van der Waals surface area contributed by atoms with Gasteiger partial charge in [-0.2, -0.15) is 0 Å². The Balaban J connectivity index is 1.92. The average Bonchev–Trinajstić information content (AvgIpc) is 2.81. The molecule has 0 radical (unpaired) electrons. The van der Waals surface area contributed by atoms with Gasteiger partial charge in [-0.15, -0.1) is 6.58 Å². The second-order valence-electron chi connectivity index (χ2n) is 6.99. The van der Waals surface area contributed by atoms with E-state index in [0.717, 1.165) is 5.56 Å². The zero-order valence-electron chi connectivity index (χ0n) is 17.5. The zero-order valence-corrected chi connectivity index (χ0v) is 18.3. The van der Waals surface area contributed by atoms with Crippen LogP contribution in [0.15, 0.2) is 102 Å². The van der Waals surface area contributed by atoms with E-state index in [9.17, 15) is 13.2 Å². The molecule has 5 nitrogen and oxygen atoms in total. The first-order chi connectivity index (χ1) is 15.0. The molecule has 0 N–H and O–H groups in total. The lowest BCUT2D eigenvalue weighted by molar-refractivity contribution is 0.0752. The Kier molecular flexibility index (Phi) is 7.26. The van der Waals surface area contributed by atoms with Crippen molar-refractivity contribution >= 4 is 21.6 Å². The molecule has 0 unspecified atom stereocenters.